The third kappa shape index (κ3) is 3.79. The van der Waals surface area contributed by atoms with Crippen molar-refractivity contribution < 1.29 is 4.74 Å². The average molecular weight is 283 g/mol. The van der Waals surface area contributed by atoms with Crippen molar-refractivity contribution in [2.24, 2.45) is 0 Å². The van der Waals surface area contributed by atoms with Gasteiger partial charge in [-0.3, -0.25) is 0 Å². The number of hydrogen-bond acceptors (Lipinski definition) is 2. The molecular weight excluding hydrogens is 268 g/mol. The molecular formula is C11H14Cl3NO. The van der Waals surface area contributed by atoms with Crippen molar-refractivity contribution in [3.05, 3.63) is 32.8 Å². The van der Waals surface area contributed by atoms with Crippen molar-refractivity contribution in [1.29, 1.82) is 0 Å². The minimum absolute atomic E-state index is 0.150. The van der Waals surface area contributed by atoms with Crippen molar-refractivity contribution in [3.63, 3.8) is 0 Å². The zero-order valence-electron chi connectivity index (χ0n) is 9.19. The lowest BCUT2D eigenvalue weighted by molar-refractivity contribution is 0.117. The van der Waals surface area contributed by atoms with Crippen LogP contribution < -0.4 is 5.32 Å². The fourth-order valence-corrected chi connectivity index (χ4v) is 1.90. The maximum atomic E-state index is 6.06. The van der Waals surface area contributed by atoms with Crippen LogP contribution in [0.5, 0.6) is 0 Å². The van der Waals surface area contributed by atoms with Gasteiger partial charge in [-0.25, -0.2) is 0 Å². The summed E-state index contributed by atoms with van der Waals surface area (Å²) < 4.78 is 5.12. The lowest BCUT2D eigenvalue weighted by Gasteiger charge is -2.13. The molecule has 0 aliphatic carbocycles. The summed E-state index contributed by atoms with van der Waals surface area (Å²) in [4.78, 5) is 0. The van der Waals surface area contributed by atoms with Crippen LogP contribution in [0, 0.1) is 0 Å². The molecule has 0 saturated heterocycles. The molecule has 0 saturated carbocycles. The van der Waals surface area contributed by atoms with Gasteiger partial charge in [0.15, 0.2) is 0 Å². The van der Waals surface area contributed by atoms with Gasteiger partial charge in [-0.15, -0.1) is 0 Å². The Morgan fingerprint density at radius 3 is 2.50 bits per heavy atom. The standard InChI is InChI=1S/C11H14Cl3NO/c1-7(16-2)5-15-6-8-9(12)3-4-10(13)11(8)14/h3-4,7,15H,5-6H2,1-2H3. The monoisotopic (exact) mass is 281 g/mol. The van der Waals surface area contributed by atoms with Crippen molar-refractivity contribution in [2.45, 2.75) is 19.6 Å². The molecule has 1 rings (SSSR count). The van der Waals surface area contributed by atoms with E-state index in [0.29, 0.717) is 21.6 Å². The van der Waals surface area contributed by atoms with E-state index in [-0.39, 0.29) is 6.10 Å². The molecule has 0 aliphatic rings. The van der Waals surface area contributed by atoms with E-state index in [4.69, 9.17) is 39.5 Å². The number of halogens is 3. The van der Waals surface area contributed by atoms with E-state index in [1.165, 1.54) is 0 Å². The zero-order valence-corrected chi connectivity index (χ0v) is 11.5. The highest BCUT2D eigenvalue weighted by atomic mass is 35.5. The quantitative estimate of drug-likeness (QED) is 0.830. The Kier molecular flexibility index (Phi) is 5.87. The van der Waals surface area contributed by atoms with Crippen LogP contribution in [0.1, 0.15) is 12.5 Å². The SMILES string of the molecule is COC(C)CNCc1c(Cl)ccc(Cl)c1Cl. The minimum atomic E-state index is 0.150. The number of benzene rings is 1. The van der Waals surface area contributed by atoms with Crippen LogP contribution in [0.2, 0.25) is 15.1 Å². The number of rotatable bonds is 5. The average Bonchev–Trinajstić information content (AvgIpc) is 2.28. The first kappa shape index (κ1) is 14.1. The van der Waals surface area contributed by atoms with Gasteiger partial charge in [0.05, 0.1) is 16.1 Å². The topological polar surface area (TPSA) is 21.3 Å². The molecule has 90 valence electrons. The molecule has 0 bridgehead atoms. The first-order valence-corrected chi connectivity index (χ1v) is 6.05. The highest BCUT2D eigenvalue weighted by Gasteiger charge is 2.09. The minimum Gasteiger partial charge on any atom is -0.380 e. The van der Waals surface area contributed by atoms with Gasteiger partial charge >= 0.3 is 0 Å². The van der Waals surface area contributed by atoms with Crippen LogP contribution in [-0.2, 0) is 11.3 Å². The van der Waals surface area contributed by atoms with E-state index >= 15 is 0 Å². The highest BCUT2D eigenvalue weighted by molar-refractivity contribution is 6.44. The van der Waals surface area contributed by atoms with Crippen molar-refractivity contribution in [3.8, 4) is 0 Å². The maximum absolute atomic E-state index is 6.06. The van der Waals surface area contributed by atoms with Crippen molar-refractivity contribution in [1.82, 2.24) is 5.32 Å². The van der Waals surface area contributed by atoms with Crippen LogP contribution in [0.25, 0.3) is 0 Å². The van der Waals surface area contributed by atoms with Gasteiger partial charge in [0, 0.05) is 30.8 Å². The molecule has 2 nitrogen and oxygen atoms in total. The number of nitrogens with one attached hydrogen (secondary N) is 1. The van der Waals surface area contributed by atoms with E-state index in [0.717, 1.165) is 12.1 Å². The van der Waals surface area contributed by atoms with Gasteiger partial charge < -0.3 is 10.1 Å². The van der Waals surface area contributed by atoms with Crippen LogP contribution >= 0.6 is 34.8 Å². The van der Waals surface area contributed by atoms with Gasteiger partial charge in [-0.1, -0.05) is 34.8 Å². The summed E-state index contributed by atoms with van der Waals surface area (Å²) in [5.74, 6) is 0. The Bertz CT molecular complexity index is 357. The molecule has 0 aliphatic heterocycles. The molecule has 0 fully saturated rings. The molecule has 1 aromatic rings. The van der Waals surface area contributed by atoms with Crippen LogP contribution in [0.4, 0.5) is 0 Å². The van der Waals surface area contributed by atoms with Gasteiger partial charge in [0.2, 0.25) is 0 Å². The first-order valence-electron chi connectivity index (χ1n) is 4.92. The fourth-order valence-electron chi connectivity index (χ4n) is 1.21. The molecule has 1 unspecified atom stereocenters. The van der Waals surface area contributed by atoms with Crippen LogP contribution in [-0.4, -0.2) is 19.8 Å². The lowest BCUT2D eigenvalue weighted by atomic mass is 10.2. The summed E-state index contributed by atoms with van der Waals surface area (Å²) in [7, 11) is 1.67. The first-order chi connectivity index (χ1) is 7.56. The summed E-state index contributed by atoms with van der Waals surface area (Å²) in [6, 6.07) is 3.43. The second-order valence-electron chi connectivity index (χ2n) is 3.50. The van der Waals surface area contributed by atoms with Gasteiger partial charge in [0.25, 0.3) is 0 Å². The number of methoxy groups -OCH3 is 1. The summed E-state index contributed by atoms with van der Waals surface area (Å²) in [6.45, 7) is 3.29. The van der Waals surface area contributed by atoms with Crippen LogP contribution in [0.15, 0.2) is 12.1 Å². The van der Waals surface area contributed by atoms with Crippen molar-refractivity contribution in [2.75, 3.05) is 13.7 Å². The third-order valence-corrected chi connectivity index (χ3v) is 3.47. The fraction of sp³-hybridized carbons (Fsp3) is 0.455. The van der Waals surface area contributed by atoms with E-state index < -0.39 is 0 Å². The third-order valence-electron chi connectivity index (χ3n) is 2.27. The summed E-state index contributed by atoms with van der Waals surface area (Å²) in [5.41, 5.74) is 0.819. The molecule has 0 spiro atoms. The summed E-state index contributed by atoms with van der Waals surface area (Å²) in [5, 5.41) is 4.85. The highest BCUT2D eigenvalue weighted by Crippen LogP contribution is 2.31. The maximum Gasteiger partial charge on any atom is 0.0667 e. The van der Waals surface area contributed by atoms with Gasteiger partial charge in [-0.2, -0.15) is 0 Å². The Morgan fingerprint density at radius 1 is 1.25 bits per heavy atom. The summed E-state index contributed by atoms with van der Waals surface area (Å²) in [6.07, 6.45) is 0.150. The summed E-state index contributed by atoms with van der Waals surface area (Å²) >= 11 is 18.0. The van der Waals surface area contributed by atoms with E-state index in [9.17, 15) is 0 Å². The Labute approximate surface area is 111 Å². The second-order valence-corrected chi connectivity index (χ2v) is 4.69. The molecule has 1 N–H and O–H groups in total. The Morgan fingerprint density at radius 2 is 1.88 bits per heavy atom. The molecule has 5 heteroatoms. The molecule has 16 heavy (non-hydrogen) atoms. The van der Waals surface area contributed by atoms with Gasteiger partial charge in [0.1, 0.15) is 0 Å². The second kappa shape index (κ2) is 6.67. The zero-order chi connectivity index (χ0) is 12.1. The van der Waals surface area contributed by atoms with E-state index in [1.54, 1.807) is 19.2 Å². The van der Waals surface area contributed by atoms with E-state index in [1.807, 2.05) is 6.92 Å². The Balaban J connectivity index is 2.63. The van der Waals surface area contributed by atoms with Gasteiger partial charge in [-0.05, 0) is 19.1 Å². The molecule has 0 aromatic heterocycles. The van der Waals surface area contributed by atoms with E-state index in [2.05, 4.69) is 5.32 Å². The largest absolute Gasteiger partial charge is 0.380 e. The normalized spacial score (nSPS) is 12.8. The smallest absolute Gasteiger partial charge is 0.0667 e. The molecule has 0 radical (unpaired) electrons. The lowest BCUT2D eigenvalue weighted by Crippen LogP contribution is -2.25. The number of ether oxygens (including phenoxy) is 1. The molecule has 1 atom stereocenters. The molecule has 0 amide bonds. The molecule has 1 aromatic carbocycles. The number of hydrogen-bond donors (Lipinski definition) is 1. The predicted molar refractivity (Wildman–Crippen MR) is 69.6 cm³/mol. The van der Waals surface area contributed by atoms with Crippen molar-refractivity contribution >= 4 is 34.8 Å². The van der Waals surface area contributed by atoms with Crippen LogP contribution in [0.3, 0.4) is 0 Å². The predicted octanol–water partition coefficient (Wildman–Crippen LogP) is 3.77. The molecule has 0 heterocycles. The Hall–Kier alpha value is 0.01000.